The fraction of sp³-hybridized carbons (Fsp3) is 0.467. The third-order valence-corrected chi connectivity index (χ3v) is 7.53. The van der Waals surface area contributed by atoms with Gasteiger partial charge in [-0.1, -0.05) is 38.5 Å². The van der Waals surface area contributed by atoms with E-state index in [1.165, 1.54) is 48.5 Å². The minimum absolute atomic E-state index is 0. The van der Waals surface area contributed by atoms with Crippen molar-refractivity contribution in [2.75, 3.05) is 13.3 Å². The Labute approximate surface area is 295 Å². The number of unbranched alkanes of at least 4 members (excludes halogenated alkanes) is 10. The minimum Gasteiger partial charge on any atom is -0.744 e. The van der Waals surface area contributed by atoms with Gasteiger partial charge in [-0.3, -0.25) is 8.78 Å². The Balaban J connectivity index is 0.000000802. The predicted molar refractivity (Wildman–Crippen MR) is 161 cm³/mol. The summed E-state index contributed by atoms with van der Waals surface area (Å²) < 4.78 is 98.7. The first kappa shape index (κ1) is 41.8. The molecular formula is C30H40BaF2O8S2. The van der Waals surface area contributed by atoms with E-state index in [9.17, 15) is 34.7 Å². The van der Waals surface area contributed by atoms with Crippen LogP contribution in [0.15, 0.2) is 83.0 Å². The van der Waals surface area contributed by atoms with Crippen LogP contribution in [0.3, 0.4) is 0 Å². The number of rotatable bonds is 20. The largest absolute Gasteiger partial charge is 2.00 e. The second-order valence-electron chi connectivity index (χ2n) is 9.32. The van der Waals surface area contributed by atoms with Gasteiger partial charge in [-0.25, -0.2) is 16.8 Å². The zero-order valence-electron chi connectivity index (χ0n) is 24.4. The van der Waals surface area contributed by atoms with Crippen LogP contribution in [0.5, 0.6) is 11.5 Å². The maximum Gasteiger partial charge on any atom is 2.00 e. The molecule has 0 saturated carbocycles. The molecule has 0 heterocycles. The maximum absolute atomic E-state index is 11.8. The standard InChI is InChI=1S/2C15H21FO4S.Ba/c2*16-12-6-4-2-1-3-5-7-13-20-14-8-10-15(11-9-14)21(17,18)19;/h2*7-11,13H,1-6,12H2,(H,17,18,19);/q;;+2/p-2. The smallest absolute Gasteiger partial charge is 0.744 e. The minimum atomic E-state index is -4.41. The first-order chi connectivity index (χ1) is 20.1. The summed E-state index contributed by atoms with van der Waals surface area (Å²) >= 11 is 0. The average Bonchev–Trinajstić information content (AvgIpc) is 2.95. The first-order valence-corrected chi connectivity index (χ1v) is 16.8. The monoisotopic (exact) mass is 768 g/mol. The van der Waals surface area contributed by atoms with Crippen molar-refractivity contribution in [2.24, 2.45) is 0 Å². The van der Waals surface area contributed by atoms with Gasteiger partial charge in [0.1, 0.15) is 31.7 Å². The summed E-state index contributed by atoms with van der Waals surface area (Å²) in [7, 11) is -8.82. The fourth-order valence-corrected chi connectivity index (χ4v) is 4.47. The van der Waals surface area contributed by atoms with Gasteiger partial charge < -0.3 is 18.6 Å². The fourth-order valence-electron chi connectivity index (χ4n) is 3.53. The van der Waals surface area contributed by atoms with Crippen molar-refractivity contribution in [1.82, 2.24) is 0 Å². The molecule has 0 N–H and O–H groups in total. The van der Waals surface area contributed by atoms with Gasteiger partial charge in [0.2, 0.25) is 0 Å². The Bertz CT molecular complexity index is 1150. The molecule has 2 aromatic carbocycles. The summed E-state index contributed by atoms with van der Waals surface area (Å²) in [4.78, 5) is -0.542. The van der Waals surface area contributed by atoms with Crippen LogP contribution in [-0.2, 0) is 20.2 Å². The van der Waals surface area contributed by atoms with Crippen LogP contribution in [0.25, 0.3) is 0 Å². The van der Waals surface area contributed by atoms with Gasteiger partial charge >= 0.3 is 48.9 Å². The van der Waals surface area contributed by atoms with Gasteiger partial charge in [-0.05, 0) is 99.2 Å². The SMILES string of the molecule is O=S(=O)([O-])c1ccc(OC=CCCCCCCCF)cc1.O=S(=O)([O-])c1ccc(OC=CCCCCCCCF)cc1.[Ba+2]. The zero-order valence-corrected chi connectivity index (χ0v) is 30.4. The third kappa shape index (κ3) is 22.0. The summed E-state index contributed by atoms with van der Waals surface area (Å²) in [5.74, 6) is 0.947. The first-order valence-electron chi connectivity index (χ1n) is 13.9. The van der Waals surface area contributed by atoms with Crippen LogP contribution in [0.2, 0.25) is 0 Å². The molecule has 0 fully saturated rings. The Morgan fingerprint density at radius 3 is 1.14 bits per heavy atom. The number of allylic oxidation sites excluding steroid dienone is 2. The van der Waals surface area contributed by atoms with E-state index in [0.29, 0.717) is 24.3 Å². The summed E-state index contributed by atoms with van der Waals surface area (Å²) in [6.45, 7) is -0.472. The van der Waals surface area contributed by atoms with Crippen molar-refractivity contribution in [3.63, 3.8) is 0 Å². The van der Waals surface area contributed by atoms with Crippen molar-refractivity contribution in [3.05, 3.63) is 73.2 Å². The van der Waals surface area contributed by atoms with Gasteiger partial charge in [-0.2, -0.15) is 0 Å². The van der Waals surface area contributed by atoms with Gasteiger partial charge in [0.15, 0.2) is 0 Å². The molecule has 0 unspecified atom stereocenters. The van der Waals surface area contributed by atoms with Gasteiger partial charge in [0.25, 0.3) is 0 Å². The predicted octanol–water partition coefficient (Wildman–Crippen LogP) is 7.21. The molecule has 2 rings (SSSR count). The zero-order chi connectivity index (χ0) is 31.1. The van der Waals surface area contributed by atoms with E-state index in [4.69, 9.17) is 9.47 Å². The molecule has 0 aliphatic carbocycles. The number of hydrogen-bond acceptors (Lipinski definition) is 8. The second kappa shape index (κ2) is 25.0. The van der Waals surface area contributed by atoms with E-state index in [1.807, 2.05) is 12.2 Å². The van der Waals surface area contributed by atoms with E-state index in [0.717, 1.165) is 64.2 Å². The molecule has 0 saturated heterocycles. The van der Waals surface area contributed by atoms with Gasteiger partial charge in [0, 0.05) is 0 Å². The molecule has 0 aliphatic heterocycles. The number of alkyl halides is 2. The van der Waals surface area contributed by atoms with Crippen LogP contribution in [0.4, 0.5) is 8.78 Å². The molecule has 8 nitrogen and oxygen atoms in total. The topological polar surface area (TPSA) is 133 Å². The van der Waals surface area contributed by atoms with Crippen LogP contribution < -0.4 is 9.47 Å². The van der Waals surface area contributed by atoms with Crippen molar-refractivity contribution in [3.8, 4) is 11.5 Å². The van der Waals surface area contributed by atoms with Gasteiger partial charge in [0.05, 0.1) is 35.7 Å². The van der Waals surface area contributed by atoms with Crippen LogP contribution in [0, 0.1) is 0 Å². The molecule has 0 spiro atoms. The molecule has 2 aromatic rings. The molecule has 0 bridgehead atoms. The number of benzene rings is 2. The maximum atomic E-state index is 11.8. The molecule has 0 aliphatic rings. The molecule has 43 heavy (non-hydrogen) atoms. The molecule has 0 aromatic heterocycles. The van der Waals surface area contributed by atoms with Crippen molar-refractivity contribution in [1.29, 1.82) is 0 Å². The number of halogens is 2. The van der Waals surface area contributed by atoms with E-state index in [2.05, 4.69) is 0 Å². The summed E-state index contributed by atoms with van der Waals surface area (Å²) in [6.07, 6.45) is 18.1. The normalized spacial score (nSPS) is 11.6. The number of ether oxygens (including phenoxy) is 2. The van der Waals surface area contributed by atoms with E-state index in [-0.39, 0.29) is 72.0 Å². The Hall–Kier alpha value is -1.23. The van der Waals surface area contributed by atoms with Crippen molar-refractivity contribution >= 4 is 69.1 Å². The van der Waals surface area contributed by atoms with Crippen LogP contribution >= 0.6 is 0 Å². The van der Waals surface area contributed by atoms with E-state index >= 15 is 0 Å². The van der Waals surface area contributed by atoms with Crippen LogP contribution in [-0.4, -0.2) is 88.2 Å². The van der Waals surface area contributed by atoms with Gasteiger partial charge in [-0.15, -0.1) is 0 Å². The molecule has 236 valence electrons. The Morgan fingerprint density at radius 2 is 0.837 bits per heavy atom. The summed E-state index contributed by atoms with van der Waals surface area (Å²) in [5, 5.41) is 0. The van der Waals surface area contributed by atoms with E-state index in [1.54, 1.807) is 12.5 Å². The summed E-state index contributed by atoms with van der Waals surface area (Å²) in [6, 6.07) is 10.6. The van der Waals surface area contributed by atoms with Crippen LogP contribution in [0.1, 0.15) is 77.0 Å². The molecule has 0 atom stereocenters. The molecule has 0 radical (unpaired) electrons. The molecule has 0 amide bonds. The number of hydrogen-bond donors (Lipinski definition) is 0. The quantitative estimate of drug-likeness (QED) is 0.0598. The molecular weight excluding hydrogens is 728 g/mol. The Morgan fingerprint density at radius 1 is 0.535 bits per heavy atom. The average molecular weight is 768 g/mol. The molecule has 13 heteroatoms. The summed E-state index contributed by atoms with van der Waals surface area (Å²) in [5.41, 5.74) is 0. The Kier molecular flexibility index (Phi) is 24.3. The van der Waals surface area contributed by atoms with Crippen molar-refractivity contribution in [2.45, 2.75) is 86.8 Å². The van der Waals surface area contributed by atoms with E-state index < -0.39 is 20.2 Å². The van der Waals surface area contributed by atoms with Crippen molar-refractivity contribution < 1.29 is 44.2 Å². The third-order valence-electron chi connectivity index (χ3n) is 5.83. The second-order valence-corrected chi connectivity index (χ2v) is 12.1.